The van der Waals surface area contributed by atoms with E-state index in [-0.39, 0.29) is 18.1 Å². The van der Waals surface area contributed by atoms with Crippen molar-refractivity contribution in [3.05, 3.63) is 11.6 Å². The molecule has 0 atom stereocenters. The summed E-state index contributed by atoms with van der Waals surface area (Å²) in [6, 6.07) is 1.69. The second kappa shape index (κ2) is 4.40. The lowest BCUT2D eigenvalue weighted by Gasteiger charge is -2.11. The Morgan fingerprint density at radius 1 is 1.29 bits per heavy atom. The molecule has 92 valence electrons. The molecule has 0 aromatic heterocycles. The van der Waals surface area contributed by atoms with Crippen molar-refractivity contribution in [3.8, 4) is 23.0 Å². The van der Waals surface area contributed by atoms with Crippen LogP contribution in [0.25, 0.3) is 0 Å². The average Bonchev–Trinajstić information content (AvgIpc) is 2.73. The van der Waals surface area contributed by atoms with Gasteiger partial charge >= 0.3 is 0 Å². The van der Waals surface area contributed by atoms with Crippen molar-refractivity contribution in [2.45, 2.75) is 0 Å². The van der Waals surface area contributed by atoms with E-state index in [9.17, 15) is 5.11 Å². The van der Waals surface area contributed by atoms with Crippen LogP contribution in [0.3, 0.4) is 0 Å². The van der Waals surface area contributed by atoms with Crippen LogP contribution in [0.15, 0.2) is 11.2 Å². The Balaban J connectivity index is 2.60. The molecule has 0 aliphatic carbocycles. The first-order chi connectivity index (χ1) is 8.22. The van der Waals surface area contributed by atoms with Gasteiger partial charge < -0.3 is 24.2 Å². The minimum Gasteiger partial charge on any atom is -0.502 e. The van der Waals surface area contributed by atoms with Gasteiger partial charge in [0.25, 0.3) is 0 Å². The monoisotopic (exact) mass is 239 g/mol. The number of phenolic OH excluding ortho intramolecular Hbond substituents is 1. The summed E-state index contributed by atoms with van der Waals surface area (Å²) in [6.07, 6.45) is 0. The maximum absolute atomic E-state index is 9.98. The zero-order chi connectivity index (χ0) is 12.4. The fraction of sp³-hybridized carbons (Fsp3) is 0.364. The normalized spacial score (nSPS) is 15.4. The second-order valence-electron chi connectivity index (χ2n) is 3.35. The summed E-state index contributed by atoms with van der Waals surface area (Å²) in [6.45, 7) is 0.243. The van der Waals surface area contributed by atoms with Crippen molar-refractivity contribution in [1.82, 2.24) is 0 Å². The number of ether oxygens (including phenoxy) is 3. The summed E-state index contributed by atoms with van der Waals surface area (Å²) < 4.78 is 15.5. The molecule has 6 heteroatoms. The molecule has 0 bridgehead atoms. The third kappa shape index (κ3) is 1.71. The topological polar surface area (TPSA) is 69.5 Å². The number of fused-ring (bicyclic) bond motifs is 1. The highest BCUT2D eigenvalue weighted by atomic mass is 16.6. The number of hydrogen-bond acceptors (Lipinski definition) is 6. The third-order valence-electron chi connectivity index (χ3n) is 2.46. The summed E-state index contributed by atoms with van der Waals surface area (Å²) in [7, 11) is 4.39. The number of hydrogen-bond donors (Lipinski definition) is 1. The van der Waals surface area contributed by atoms with Crippen LogP contribution >= 0.6 is 0 Å². The van der Waals surface area contributed by atoms with E-state index < -0.39 is 0 Å². The standard InChI is InChI=1S/C11H13NO5/c1-14-8-4-6-7(12-16-3)5-17-10(6)9(13)11(8)15-2/h4,13H,5H2,1-3H3. The Morgan fingerprint density at radius 3 is 2.65 bits per heavy atom. The number of nitrogens with zero attached hydrogens (tertiary/aromatic N) is 1. The van der Waals surface area contributed by atoms with Crippen molar-refractivity contribution in [2.75, 3.05) is 27.9 Å². The third-order valence-corrected chi connectivity index (χ3v) is 2.46. The first-order valence-corrected chi connectivity index (χ1v) is 4.94. The fourth-order valence-electron chi connectivity index (χ4n) is 1.72. The molecule has 6 nitrogen and oxygen atoms in total. The van der Waals surface area contributed by atoms with Gasteiger partial charge in [-0.15, -0.1) is 0 Å². The van der Waals surface area contributed by atoms with Crippen LogP contribution in [-0.2, 0) is 4.84 Å². The van der Waals surface area contributed by atoms with Crippen LogP contribution in [0, 0.1) is 0 Å². The molecular weight excluding hydrogens is 226 g/mol. The number of oxime groups is 1. The van der Waals surface area contributed by atoms with Gasteiger partial charge in [0, 0.05) is 0 Å². The van der Waals surface area contributed by atoms with Crippen LogP contribution in [0.1, 0.15) is 5.56 Å². The zero-order valence-corrected chi connectivity index (χ0v) is 9.81. The lowest BCUT2D eigenvalue weighted by Crippen LogP contribution is -2.02. The largest absolute Gasteiger partial charge is 0.502 e. The van der Waals surface area contributed by atoms with Gasteiger partial charge in [0.15, 0.2) is 11.5 Å². The summed E-state index contributed by atoms with van der Waals surface area (Å²) in [5.41, 5.74) is 1.24. The van der Waals surface area contributed by atoms with Crippen LogP contribution < -0.4 is 14.2 Å². The number of aromatic hydroxyl groups is 1. The highest BCUT2D eigenvalue weighted by Gasteiger charge is 2.28. The molecule has 17 heavy (non-hydrogen) atoms. The van der Waals surface area contributed by atoms with Crippen LogP contribution in [-0.4, -0.2) is 38.8 Å². The first-order valence-electron chi connectivity index (χ1n) is 4.94. The molecule has 1 N–H and O–H groups in total. The lowest BCUT2D eigenvalue weighted by molar-refractivity contribution is 0.211. The lowest BCUT2D eigenvalue weighted by atomic mass is 10.1. The smallest absolute Gasteiger partial charge is 0.207 e. The molecule has 2 rings (SSSR count). The molecule has 0 fully saturated rings. The molecule has 1 aromatic carbocycles. The Bertz CT molecular complexity index is 469. The number of rotatable bonds is 3. The number of methoxy groups -OCH3 is 2. The van der Waals surface area contributed by atoms with Crippen LogP contribution in [0.2, 0.25) is 0 Å². The van der Waals surface area contributed by atoms with Gasteiger partial charge in [0.05, 0.1) is 19.8 Å². The van der Waals surface area contributed by atoms with Crippen LogP contribution in [0.4, 0.5) is 0 Å². The summed E-state index contributed by atoms with van der Waals surface area (Å²) in [5.74, 6) is 0.893. The maximum atomic E-state index is 9.98. The molecule has 0 radical (unpaired) electrons. The first kappa shape index (κ1) is 11.4. The highest BCUT2D eigenvalue weighted by Crippen LogP contribution is 2.47. The van der Waals surface area contributed by atoms with Crippen molar-refractivity contribution < 1.29 is 24.2 Å². The Morgan fingerprint density at radius 2 is 2.06 bits per heavy atom. The van der Waals surface area contributed by atoms with Gasteiger partial charge in [-0.3, -0.25) is 0 Å². The molecule has 1 heterocycles. The minimum atomic E-state index is -0.0943. The Kier molecular flexibility index (Phi) is 2.95. The Hall–Kier alpha value is -2.11. The van der Waals surface area contributed by atoms with Gasteiger partial charge in [0.1, 0.15) is 19.4 Å². The van der Waals surface area contributed by atoms with Crippen molar-refractivity contribution in [2.24, 2.45) is 5.16 Å². The van der Waals surface area contributed by atoms with Gasteiger partial charge in [-0.05, 0) is 6.07 Å². The van der Waals surface area contributed by atoms with E-state index in [0.29, 0.717) is 22.8 Å². The van der Waals surface area contributed by atoms with Gasteiger partial charge in [-0.2, -0.15) is 0 Å². The Labute approximate surface area is 98.3 Å². The maximum Gasteiger partial charge on any atom is 0.207 e. The molecule has 0 unspecified atom stereocenters. The molecule has 1 aromatic rings. The summed E-state index contributed by atoms with van der Waals surface area (Å²) in [5, 5.41) is 13.8. The van der Waals surface area contributed by atoms with Crippen molar-refractivity contribution >= 4 is 5.71 Å². The van der Waals surface area contributed by atoms with Crippen molar-refractivity contribution in [3.63, 3.8) is 0 Å². The van der Waals surface area contributed by atoms with Gasteiger partial charge in [-0.1, -0.05) is 5.16 Å². The van der Waals surface area contributed by atoms with E-state index >= 15 is 0 Å². The summed E-state index contributed by atoms with van der Waals surface area (Å²) in [4.78, 5) is 4.71. The molecular formula is C11H13NO5. The van der Waals surface area contributed by atoms with E-state index in [4.69, 9.17) is 19.0 Å². The SMILES string of the molecule is CON=C1COc2c1cc(OC)c(OC)c2O. The molecule has 0 amide bonds. The number of phenols is 1. The van der Waals surface area contributed by atoms with Gasteiger partial charge in [0.2, 0.25) is 11.5 Å². The van der Waals surface area contributed by atoms with E-state index in [1.807, 2.05) is 0 Å². The molecule has 1 aliphatic rings. The van der Waals surface area contributed by atoms with E-state index in [1.165, 1.54) is 21.3 Å². The molecule has 0 saturated heterocycles. The second-order valence-corrected chi connectivity index (χ2v) is 3.35. The predicted molar refractivity (Wildman–Crippen MR) is 60.3 cm³/mol. The zero-order valence-electron chi connectivity index (χ0n) is 9.81. The molecule has 0 spiro atoms. The van der Waals surface area contributed by atoms with E-state index in [1.54, 1.807) is 6.07 Å². The molecule has 0 saturated carbocycles. The predicted octanol–water partition coefficient (Wildman–Crippen LogP) is 1.15. The average molecular weight is 239 g/mol. The van der Waals surface area contributed by atoms with Crippen LogP contribution in [0.5, 0.6) is 23.0 Å². The number of benzene rings is 1. The fourth-order valence-corrected chi connectivity index (χ4v) is 1.72. The summed E-state index contributed by atoms with van der Waals surface area (Å²) >= 11 is 0. The molecule has 1 aliphatic heterocycles. The van der Waals surface area contributed by atoms with Crippen molar-refractivity contribution in [1.29, 1.82) is 0 Å². The van der Waals surface area contributed by atoms with Gasteiger partial charge in [-0.25, -0.2) is 0 Å². The van der Waals surface area contributed by atoms with E-state index in [0.717, 1.165) is 0 Å². The highest BCUT2D eigenvalue weighted by molar-refractivity contribution is 6.07. The van der Waals surface area contributed by atoms with E-state index in [2.05, 4.69) is 5.16 Å². The quantitative estimate of drug-likeness (QED) is 0.801. The minimum absolute atomic E-state index is 0.0943.